The number of methoxy groups -OCH3 is 1. The minimum atomic E-state index is -0.427. The molecule has 3 aliphatic rings. The molecule has 0 radical (unpaired) electrons. The first kappa shape index (κ1) is 15.8. The number of hydrogen-bond donors (Lipinski definition) is 0. The Labute approximate surface area is 132 Å². The lowest BCUT2D eigenvalue weighted by molar-refractivity contribution is -0.197. The summed E-state index contributed by atoms with van der Waals surface area (Å²) in [7, 11) is 1.69. The van der Waals surface area contributed by atoms with Crippen LogP contribution in [0.25, 0.3) is 0 Å². The van der Waals surface area contributed by atoms with Gasteiger partial charge in [0.15, 0.2) is 5.79 Å². The van der Waals surface area contributed by atoms with Crippen molar-refractivity contribution >= 4 is 6.29 Å². The summed E-state index contributed by atoms with van der Waals surface area (Å²) in [6.07, 6.45) is 9.59. The van der Waals surface area contributed by atoms with Crippen LogP contribution in [0, 0.1) is 10.8 Å². The Morgan fingerprint density at radius 3 is 2.32 bits per heavy atom. The van der Waals surface area contributed by atoms with Gasteiger partial charge in [-0.15, -0.1) is 0 Å². The maximum absolute atomic E-state index is 12.1. The second-order valence-electron chi connectivity index (χ2n) is 7.10. The van der Waals surface area contributed by atoms with Crippen LogP contribution in [0.15, 0.2) is 23.5 Å². The molecule has 1 atom stereocenters. The third-order valence-corrected chi connectivity index (χ3v) is 5.94. The van der Waals surface area contributed by atoms with Gasteiger partial charge >= 0.3 is 0 Å². The normalized spacial score (nSPS) is 33.2. The van der Waals surface area contributed by atoms with Crippen LogP contribution in [0.1, 0.15) is 46.0 Å². The minimum absolute atomic E-state index is 0.166. The van der Waals surface area contributed by atoms with Crippen molar-refractivity contribution in [2.24, 2.45) is 10.8 Å². The summed E-state index contributed by atoms with van der Waals surface area (Å²) in [5.41, 5.74) is 0.609. The van der Waals surface area contributed by atoms with Crippen molar-refractivity contribution < 1.29 is 19.0 Å². The Bertz CT molecular complexity index is 503. The van der Waals surface area contributed by atoms with E-state index < -0.39 is 5.79 Å². The molecular formula is C18H26O4. The fourth-order valence-electron chi connectivity index (χ4n) is 4.35. The largest absolute Gasteiger partial charge is 0.497 e. The van der Waals surface area contributed by atoms with Crippen molar-refractivity contribution in [3.05, 3.63) is 23.5 Å². The third kappa shape index (κ3) is 2.33. The van der Waals surface area contributed by atoms with Gasteiger partial charge in [0.25, 0.3) is 0 Å². The van der Waals surface area contributed by atoms with E-state index in [2.05, 4.69) is 26.0 Å². The lowest BCUT2D eigenvalue weighted by Crippen LogP contribution is -2.48. The van der Waals surface area contributed by atoms with Crippen molar-refractivity contribution in [1.29, 1.82) is 0 Å². The van der Waals surface area contributed by atoms with Crippen LogP contribution in [0.3, 0.4) is 0 Å². The first-order valence-electron chi connectivity index (χ1n) is 8.16. The second-order valence-corrected chi connectivity index (χ2v) is 7.10. The lowest BCUT2D eigenvalue weighted by atomic mass is 9.55. The first-order valence-corrected chi connectivity index (χ1v) is 8.16. The first-order chi connectivity index (χ1) is 10.5. The molecule has 0 aromatic carbocycles. The SMILES string of the molecule is COC1=CCC(C)(C2(C=O)CCC3(CC2)OCCO3)C=C1C. The number of hydrogen-bond acceptors (Lipinski definition) is 4. The highest BCUT2D eigenvalue weighted by Gasteiger charge is 2.53. The number of aldehydes is 1. The van der Waals surface area contributed by atoms with E-state index in [0.29, 0.717) is 13.2 Å². The highest BCUT2D eigenvalue weighted by Crippen LogP contribution is 2.56. The zero-order valence-corrected chi connectivity index (χ0v) is 13.8. The quantitative estimate of drug-likeness (QED) is 0.750. The molecule has 4 nitrogen and oxygen atoms in total. The molecule has 22 heavy (non-hydrogen) atoms. The maximum Gasteiger partial charge on any atom is 0.168 e. The van der Waals surface area contributed by atoms with Crippen LogP contribution < -0.4 is 0 Å². The summed E-state index contributed by atoms with van der Waals surface area (Å²) < 4.78 is 17.0. The van der Waals surface area contributed by atoms with Crippen LogP contribution >= 0.6 is 0 Å². The summed E-state index contributed by atoms with van der Waals surface area (Å²) in [6.45, 7) is 5.59. The van der Waals surface area contributed by atoms with E-state index >= 15 is 0 Å². The summed E-state index contributed by atoms with van der Waals surface area (Å²) >= 11 is 0. The van der Waals surface area contributed by atoms with E-state index in [0.717, 1.165) is 43.4 Å². The van der Waals surface area contributed by atoms with E-state index in [1.807, 2.05) is 0 Å². The predicted molar refractivity (Wildman–Crippen MR) is 83.2 cm³/mol. The summed E-state index contributed by atoms with van der Waals surface area (Å²) in [5.74, 6) is 0.498. The number of allylic oxidation sites excluding steroid dienone is 3. The van der Waals surface area contributed by atoms with Crippen LogP contribution in [-0.2, 0) is 19.0 Å². The molecule has 1 unspecified atom stereocenters. The number of ether oxygens (including phenoxy) is 3. The van der Waals surface area contributed by atoms with Crippen LogP contribution in [0.5, 0.6) is 0 Å². The standard InChI is InChI=1S/C18H26O4/c1-14-12-16(2,5-4-15(14)20-3)17(13-19)6-8-18(9-7-17)21-10-11-22-18/h4,12-13H,5-11H2,1-3H3. The molecule has 1 heterocycles. The lowest BCUT2D eigenvalue weighted by Gasteiger charge is -2.50. The summed E-state index contributed by atoms with van der Waals surface area (Å²) in [6, 6.07) is 0. The van der Waals surface area contributed by atoms with Crippen LogP contribution in [-0.4, -0.2) is 32.4 Å². The number of carbonyl (C=O) groups excluding carboxylic acids is 1. The fourth-order valence-corrected chi connectivity index (χ4v) is 4.35. The van der Waals surface area contributed by atoms with Gasteiger partial charge in [0.2, 0.25) is 0 Å². The molecule has 1 aliphatic heterocycles. The predicted octanol–water partition coefficient (Wildman–Crippen LogP) is 3.38. The van der Waals surface area contributed by atoms with Crippen LogP contribution in [0.4, 0.5) is 0 Å². The Hall–Kier alpha value is -1.13. The van der Waals surface area contributed by atoms with E-state index in [9.17, 15) is 4.79 Å². The molecule has 0 aromatic heterocycles. The molecule has 0 bridgehead atoms. The van der Waals surface area contributed by atoms with Gasteiger partial charge in [-0.05, 0) is 37.8 Å². The Balaban J connectivity index is 1.83. The number of carbonyl (C=O) groups is 1. The van der Waals surface area contributed by atoms with Gasteiger partial charge in [0.1, 0.15) is 12.0 Å². The molecule has 0 amide bonds. The van der Waals surface area contributed by atoms with E-state index in [1.165, 1.54) is 6.29 Å². The number of rotatable bonds is 3. The average molecular weight is 306 g/mol. The van der Waals surface area contributed by atoms with Gasteiger partial charge in [-0.25, -0.2) is 0 Å². The average Bonchev–Trinajstić information content (AvgIpc) is 2.97. The third-order valence-electron chi connectivity index (χ3n) is 5.94. The van der Waals surface area contributed by atoms with Gasteiger partial charge < -0.3 is 19.0 Å². The van der Waals surface area contributed by atoms with Crippen molar-refractivity contribution in [2.75, 3.05) is 20.3 Å². The zero-order chi connectivity index (χ0) is 15.8. The Kier molecular flexibility index (Phi) is 3.94. The van der Waals surface area contributed by atoms with Crippen molar-refractivity contribution in [3.8, 4) is 0 Å². The Morgan fingerprint density at radius 2 is 1.82 bits per heavy atom. The molecule has 0 aromatic rings. The molecule has 122 valence electrons. The van der Waals surface area contributed by atoms with Gasteiger partial charge in [0.05, 0.1) is 20.3 Å². The van der Waals surface area contributed by atoms with Crippen molar-refractivity contribution in [2.45, 2.75) is 51.7 Å². The van der Waals surface area contributed by atoms with Crippen molar-refractivity contribution in [3.63, 3.8) is 0 Å². The Morgan fingerprint density at radius 1 is 1.18 bits per heavy atom. The van der Waals surface area contributed by atoms with Crippen LogP contribution in [0.2, 0.25) is 0 Å². The molecule has 0 N–H and O–H groups in total. The van der Waals surface area contributed by atoms with Gasteiger partial charge in [-0.1, -0.05) is 13.0 Å². The molecule has 1 saturated carbocycles. The maximum atomic E-state index is 12.1. The summed E-state index contributed by atoms with van der Waals surface area (Å²) in [4.78, 5) is 12.1. The molecule has 4 heteroatoms. The minimum Gasteiger partial charge on any atom is -0.497 e. The van der Waals surface area contributed by atoms with E-state index in [1.54, 1.807) is 7.11 Å². The fraction of sp³-hybridized carbons (Fsp3) is 0.722. The smallest absolute Gasteiger partial charge is 0.168 e. The molecule has 1 spiro atoms. The monoisotopic (exact) mass is 306 g/mol. The van der Waals surface area contributed by atoms with Gasteiger partial charge in [-0.2, -0.15) is 0 Å². The molecule has 2 aliphatic carbocycles. The van der Waals surface area contributed by atoms with Crippen molar-refractivity contribution in [1.82, 2.24) is 0 Å². The molecule has 3 rings (SSSR count). The molecular weight excluding hydrogens is 280 g/mol. The second kappa shape index (κ2) is 5.50. The highest BCUT2D eigenvalue weighted by atomic mass is 16.7. The zero-order valence-electron chi connectivity index (χ0n) is 13.8. The van der Waals surface area contributed by atoms with Gasteiger partial charge in [0, 0.05) is 23.7 Å². The topological polar surface area (TPSA) is 44.8 Å². The van der Waals surface area contributed by atoms with E-state index in [-0.39, 0.29) is 10.8 Å². The highest BCUT2D eigenvalue weighted by molar-refractivity contribution is 5.63. The van der Waals surface area contributed by atoms with Gasteiger partial charge in [-0.3, -0.25) is 0 Å². The molecule has 1 saturated heterocycles. The molecule has 2 fully saturated rings. The van der Waals surface area contributed by atoms with E-state index in [4.69, 9.17) is 14.2 Å². The summed E-state index contributed by atoms with van der Waals surface area (Å²) in [5, 5.41) is 0.